The maximum absolute atomic E-state index is 5.42. The van der Waals surface area contributed by atoms with Crippen LogP contribution in [0.4, 0.5) is 11.6 Å². The molecule has 18 heavy (non-hydrogen) atoms. The van der Waals surface area contributed by atoms with E-state index in [0.717, 1.165) is 17.8 Å². The molecular formula is C13H25N5. The normalized spacial score (nSPS) is 12.2. The van der Waals surface area contributed by atoms with Crippen LogP contribution in [0.3, 0.4) is 0 Å². The first-order valence-electron chi connectivity index (χ1n) is 6.77. The second-order valence-electron chi connectivity index (χ2n) is 4.61. The van der Waals surface area contributed by atoms with E-state index < -0.39 is 0 Å². The van der Waals surface area contributed by atoms with E-state index in [-0.39, 0.29) is 0 Å². The maximum Gasteiger partial charge on any atom is 0.148 e. The Hall–Kier alpha value is -1.36. The monoisotopic (exact) mass is 251 g/mol. The van der Waals surface area contributed by atoms with Crippen LogP contribution in [-0.2, 0) is 0 Å². The zero-order valence-electron chi connectivity index (χ0n) is 11.7. The molecule has 4 N–H and O–H groups in total. The number of unbranched alkanes of at least 4 members (excludes halogenated alkanes) is 1. The maximum atomic E-state index is 5.42. The van der Waals surface area contributed by atoms with Gasteiger partial charge in [-0.3, -0.25) is 0 Å². The van der Waals surface area contributed by atoms with E-state index in [0.29, 0.717) is 11.9 Å². The second kappa shape index (κ2) is 7.87. The Bertz CT molecular complexity index is 353. The fourth-order valence-electron chi connectivity index (χ4n) is 2.02. The fraction of sp³-hybridized carbons (Fsp3) is 0.692. The second-order valence-corrected chi connectivity index (χ2v) is 4.61. The highest BCUT2D eigenvalue weighted by molar-refractivity contribution is 5.56. The molecule has 102 valence electrons. The van der Waals surface area contributed by atoms with Crippen LogP contribution >= 0.6 is 0 Å². The Balaban J connectivity index is 2.73. The highest BCUT2D eigenvalue weighted by atomic mass is 15.3. The van der Waals surface area contributed by atoms with E-state index in [1.807, 2.05) is 6.92 Å². The summed E-state index contributed by atoms with van der Waals surface area (Å²) in [5.41, 5.74) is 3.56. The molecule has 1 heterocycles. The van der Waals surface area contributed by atoms with Crippen LogP contribution in [0.2, 0.25) is 0 Å². The molecule has 0 bridgehead atoms. The van der Waals surface area contributed by atoms with Crippen LogP contribution < -0.4 is 16.6 Å². The molecule has 1 atom stereocenters. The van der Waals surface area contributed by atoms with Crippen molar-refractivity contribution in [1.82, 2.24) is 9.97 Å². The van der Waals surface area contributed by atoms with E-state index in [1.54, 1.807) is 0 Å². The van der Waals surface area contributed by atoms with Gasteiger partial charge in [-0.25, -0.2) is 15.8 Å². The van der Waals surface area contributed by atoms with Gasteiger partial charge in [0.15, 0.2) is 0 Å². The SMILES string of the molecule is CCCCC(CCC)Nc1ncnc(NN)c1C. The lowest BCUT2D eigenvalue weighted by Gasteiger charge is -2.20. The van der Waals surface area contributed by atoms with Crippen molar-refractivity contribution in [2.75, 3.05) is 10.7 Å². The minimum absolute atomic E-state index is 0.481. The molecular weight excluding hydrogens is 226 g/mol. The summed E-state index contributed by atoms with van der Waals surface area (Å²) in [7, 11) is 0. The smallest absolute Gasteiger partial charge is 0.148 e. The molecule has 1 aromatic heterocycles. The summed E-state index contributed by atoms with van der Waals surface area (Å²) in [6, 6.07) is 0.481. The average Bonchev–Trinajstić information content (AvgIpc) is 2.38. The predicted octanol–water partition coefficient (Wildman–Crippen LogP) is 2.84. The molecule has 0 fully saturated rings. The Morgan fingerprint density at radius 3 is 2.50 bits per heavy atom. The number of nitrogens with one attached hydrogen (secondary N) is 2. The first-order chi connectivity index (χ1) is 8.72. The zero-order valence-corrected chi connectivity index (χ0v) is 11.7. The summed E-state index contributed by atoms with van der Waals surface area (Å²) in [5.74, 6) is 6.98. The molecule has 0 saturated carbocycles. The minimum Gasteiger partial charge on any atom is -0.367 e. The molecule has 0 amide bonds. The lowest BCUT2D eigenvalue weighted by Crippen LogP contribution is -2.21. The summed E-state index contributed by atoms with van der Waals surface area (Å²) in [6.45, 7) is 6.40. The van der Waals surface area contributed by atoms with Gasteiger partial charge in [0, 0.05) is 11.6 Å². The van der Waals surface area contributed by atoms with E-state index in [4.69, 9.17) is 5.84 Å². The van der Waals surface area contributed by atoms with Crippen LogP contribution in [0.15, 0.2) is 6.33 Å². The van der Waals surface area contributed by atoms with Crippen molar-refractivity contribution in [2.24, 2.45) is 5.84 Å². The molecule has 1 unspecified atom stereocenters. The molecule has 0 aliphatic heterocycles. The third-order valence-corrected chi connectivity index (χ3v) is 3.10. The number of aromatic nitrogens is 2. The lowest BCUT2D eigenvalue weighted by molar-refractivity contribution is 0.562. The molecule has 0 aliphatic rings. The summed E-state index contributed by atoms with van der Waals surface area (Å²) in [6.07, 6.45) is 7.51. The van der Waals surface area contributed by atoms with Gasteiger partial charge >= 0.3 is 0 Å². The predicted molar refractivity (Wildman–Crippen MR) is 76.4 cm³/mol. The minimum atomic E-state index is 0.481. The van der Waals surface area contributed by atoms with Gasteiger partial charge in [-0.1, -0.05) is 33.1 Å². The van der Waals surface area contributed by atoms with E-state index in [2.05, 4.69) is 34.6 Å². The molecule has 5 heteroatoms. The van der Waals surface area contributed by atoms with Crippen molar-refractivity contribution in [3.8, 4) is 0 Å². The molecule has 5 nitrogen and oxygen atoms in total. The van der Waals surface area contributed by atoms with Crippen molar-refractivity contribution >= 4 is 11.6 Å². The van der Waals surface area contributed by atoms with Crippen molar-refractivity contribution in [1.29, 1.82) is 0 Å². The van der Waals surface area contributed by atoms with Crippen LogP contribution in [0.25, 0.3) is 0 Å². The van der Waals surface area contributed by atoms with Gasteiger partial charge in [0.05, 0.1) is 0 Å². The summed E-state index contributed by atoms with van der Waals surface area (Å²) >= 11 is 0. The molecule has 0 spiro atoms. The standard InChI is InChI=1S/C13H25N5/c1-4-6-8-11(7-5-2)17-12-10(3)13(18-14)16-9-15-12/h9,11H,4-8,14H2,1-3H3,(H2,15,16,17,18). The van der Waals surface area contributed by atoms with Gasteiger partial charge in [-0.15, -0.1) is 0 Å². The van der Waals surface area contributed by atoms with Crippen molar-refractivity contribution in [3.05, 3.63) is 11.9 Å². The van der Waals surface area contributed by atoms with E-state index in [9.17, 15) is 0 Å². The Kier molecular flexibility index (Phi) is 6.43. The average molecular weight is 251 g/mol. The number of hydrogen-bond acceptors (Lipinski definition) is 5. The number of hydrogen-bond donors (Lipinski definition) is 3. The molecule has 1 rings (SSSR count). The van der Waals surface area contributed by atoms with Crippen LogP contribution in [-0.4, -0.2) is 16.0 Å². The first-order valence-corrected chi connectivity index (χ1v) is 6.77. The third-order valence-electron chi connectivity index (χ3n) is 3.10. The fourth-order valence-corrected chi connectivity index (χ4v) is 2.02. The molecule has 0 radical (unpaired) electrons. The summed E-state index contributed by atoms with van der Waals surface area (Å²) in [4.78, 5) is 8.38. The quantitative estimate of drug-likeness (QED) is 0.489. The Labute approximate surface area is 110 Å². The lowest BCUT2D eigenvalue weighted by atomic mass is 10.0. The molecule has 0 aliphatic carbocycles. The topological polar surface area (TPSA) is 75.9 Å². The van der Waals surface area contributed by atoms with Crippen LogP contribution in [0, 0.1) is 6.92 Å². The Morgan fingerprint density at radius 2 is 1.89 bits per heavy atom. The van der Waals surface area contributed by atoms with Crippen molar-refractivity contribution in [2.45, 2.75) is 58.9 Å². The largest absolute Gasteiger partial charge is 0.367 e. The first kappa shape index (κ1) is 14.7. The van der Waals surface area contributed by atoms with Crippen LogP contribution in [0.1, 0.15) is 51.5 Å². The van der Waals surface area contributed by atoms with Gasteiger partial charge in [-0.2, -0.15) is 0 Å². The highest BCUT2D eigenvalue weighted by Gasteiger charge is 2.11. The number of hydrazine groups is 1. The summed E-state index contributed by atoms with van der Waals surface area (Å²) < 4.78 is 0. The van der Waals surface area contributed by atoms with Gasteiger partial charge in [-0.05, 0) is 19.8 Å². The number of anilines is 2. The zero-order chi connectivity index (χ0) is 13.4. The number of nitrogen functional groups attached to an aromatic ring is 1. The van der Waals surface area contributed by atoms with E-state index >= 15 is 0 Å². The van der Waals surface area contributed by atoms with Crippen LogP contribution in [0.5, 0.6) is 0 Å². The van der Waals surface area contributed by atoms with Gasteiger partial charge in [0.2, 0.25) is 0 Å². The molecule has 0 aromatic carbocycles. The molecule has 0 saturated heterocycles. The van der Waals surface area contributed by atoms with Crippen molar-refractivity contribution in [3.63, 3.8) is 0 Å². The van der Waals surface area contributed by atoms with Gasteiger partial charge < -0.3 is 10.7 Å². The van der Waals surface area contributed by atoms with E-state index in [1.165, 1.54) is 32.0 Å². The molecule has 1 aromatic rings. The number of rotatable bonds is 8. The van der Waals surface area contributed by atoms with Gasteiger partial charge in [0.1, 0.15) is 18.0 Å². The van der Waals surface area contributed by atoms with Gasteiger partial charge in [0.25, 0.3) is 0 Å². The summed E-state index contributed by atoms with van der Waals surface area (Å²) in [5, 5.41) is 3.51. The highest BCUT2D eigenvalue weighted by Crippen LogP contribution is 2.20. The Morgan fingerprint density at radius 1 is 1.17 bits per heavy atom. The number of nitrogens with two attached hydrogens (primary N) is 1. The number of nitrogens with zero attached hydrogens (tertiary/aromatic N) is 2. The van der Waals surface area contributed by atoms with Crippen molar-refractivity contribution < 1.29 is 0 Å². The third kappa shape index (κ3) is 4.14.